The number of ether oxygens (including phenoxy) is 3. The first-order valence-corrected chi connectivity index (χ1v) is 10.8. The molecule has 0 radical (unpaired) electrons. The van der Waals surface area contributed by atoms with Crippen LogP contribution in [0.5, 0.6) is 0 Å². The van der Waals surface area contributed by atoms with Crippen molar-refractivity contribution in [3.63, 3.8) is 0 Å². The maximum absolute atomic E-state index is 13.5. The van der Waals surface area contributed by atoms with Gasteiger partial charge in [0.05, 0.1) is 32.0 Å². The highest BCUT2D eigenvalue weighted by Gasteiger charge is 2.41. The van der Waals surface area contributed by atoms with E-state index in [1.165, 1.54) is 4.90 Å². The van der Waals surface area contributed by atoms with Crippen molar-refractivity contribution in [2.75, 3.05) is 79.9 Å². The van der Waals surface area contributed by atoms with E-state index in [2.05, 4.69) is 4.90 Å². The van der Waals surface area contributed by atoms with E-state index in [-0.39, 0.29) is 11.8 Å². The molecule has 1 aromatic rings. The zero-order valence-corrected chi connectivity index (χ0v) is 18.8. The third-order valence-electron chi connectivity index (χ3n) is 5.67. The Kier molecular flexibility index (Phi) is 8.60. The Balaban J connectivity index is 1.90. The molecule has 1 fully saturated rings. The molecule has 0 aliphatic carbocycles. The number of methoxy groups -OCH3 is 2. The van der Waals surface area contributed by atoms with Crippen molar-refractivity contribution >= 4 is 17.4 Å². The molecule has 8 heteroatoms. The number of carbonyl (C=O) groups excluding carboxylic acids is 2. The van der Waals surface area contributed by atoms with E-state index in [1.54, 1.807) is 14.2 Å². The summed E-state index contributed by atoms with van der Waals surface area (Å²) < 4.78 is 15.9. The second-order valence-electron chi connectivity index (χ2n) is 7.78. The van der Waals surface area contributed by atoms with Gasteiger partial charge in [-0.25, -0.2) is 0 Å². The summed E-state index contributed by atoms with van der Waals surface area (Å²) in [4.78, 5) is 32.5. The van der Waals surface area contributed by atoms with E-state index in [0.717, 1.165) is 24.2 Å². The molecule has 2 aliphatic rings. The van der Waals surface area contributed by atoms with Gasteiger partial charge in [0.25, 0.3) is 11.8 Å². The third kappa shape index (κ3) is 5.71. The van der Waals surface area contributed by atoms with Gasteiger partial charge < -0.3 is 19.1 Å². The van der Waals surface area contributed by atoms with Crippen LogP contribution in [0.2, 0.25) is 0 Å². The SMILES string of the molecule is COCCN(CCOC)C1=C(c2ccc(C)cc2)C(=O)N(CCN2CCOCC2)C1=O. The Hall–Kier alpha value is -2.26. The van der Waals surface area contributed by atoms with Crippen LogP contribution < -0.4 is 0 Å². The number of aryl methyl sites for hydroxylation is 1. The molecule has 2 amide bonds. The van der Waals surface area contributed by atoms with Crippen LogP contribution in [0, 0.1) is 6.92 Å². The van der Waals surface area contributed by atoms with Crippen LogP contribution in [0.15, 0.2) is 30.0 Å². The lowest BCUT2D eigenvalue weighted by atomic mass is 10.0. The number of amides is 2. The number of hydrogen-bond acceptors (Lipinski definition) is 7. The summed E-state index contributed by atoms with van der Waals surface area (Å²) in [6, 6.07) is 7.74. The van der Waals surface area contributed by atoms with Crippen LogP contribution in [0.4, 0.5) is 0 Å². The Morgan fingerprint density at radius 3 is 2.13 bits per heavy atom. The monoisotopic (exact) mass is 431 g/mol. The third-order valence-corrected chi connectivity index (χ3v) is 5.67. The number of nitrogens with zero attached hydrogens (tertiary/aromatic N) is 3. The molecule has 0 aromatic heterocycles. The van der Waals surface area contributed by atoms with Crippen molar-refractivity contribution in [1.29, 1.82) is 0 Å². The summed E-state index contributed by atoms with van der Waals surface area (Å²) in [5.41, 5.74) is 2.75. The summed E-state index contributed by atoms with van der Waals surface area (Å²) in [5.74, 6) is -0.488. The molecule has 0 N–H and O–H groups in total. The van der Waals surface area contributed by atoms with Crippen LogP contribution in [0.3, 0.4) is 0 Å². The molecular formula is C23H33N3O5. The van der Waals surface area contributed by atoms with E-state index >= 15 is 0 Å². The summed E-state index contributed by atoms with van der Waals surface area (Å²) in [5, 5.41) is 0. The normalized spacial score (nSPS) is 17.7. The van der Waals surface area contributed by atoms with Crippen LogP contribution in [0.1, 0.15) is 11.1 Å². The van der Waals surface area contributed by atoms with Gasteiger partial charge in [0, 0.05) is 53.5 Å². The van der Waals surface area contributed by atoms with E-state index in [4.69, 9.17) is 14.2 Å². The molecule has 0 spiro atoms. The van der Waals surface area contributed by atoms with E-state index in [1.807, 2.05) is 36.1 Å². The molecule has 31 heavy (non-hydrogen) atoms. The van der Waals surface area contributed by atoms with Gasteiger partial charge in [-0.2, -0.15) is 0 Å². The fourth-order valence-corrected chi connectivity index (χ4v) is 3.84. The predicted molar refractivity (Wildman–Crippen MR) is 117 cm³/mol. The molecule has 0 bridgehead atoms. The first-order valence-electron chi connectivity index (χ1n) is 10.8. The average molecular weight is 432 g/mol. The predicted octanol–water partition coefficient (Wildman–Crippen LogP) is 1.00. The van der Waals surface area contributed by atoms with Gasteiger partial charge in [-0.15, -0.1) is 0 Å². The Morgan fingerprint density at radius 1 is 0.935 bits per heavy atom. The molecule has 170 valence electrons. The highest BCUT2D eigenvalue weighted by atomic mass is 16.5. The largest absolute Gasteiger partial charge is 0.383 e. The van der Waals surface area contributed by atoms with E-state index in [0.29, 0.717) is 63.9 Å². The van der Waals surface area contributed by atoms with Gasteiger partial charge in [-0.05, 0) is 12.5 Å². The van der Waals surface area contributed by atoms with Gasteiger partial charge in [-0.1, -0.05) is 29.8 Å². The molecule has 0 unspecified atom stereocenters. The minimum absolute atomic E-state index is 0.239. The molecule has 0 saturated carbocycles. The minimum atomic E-state index is -0.249. The van der Waals surface area contributed by atoms with Crippen LogP contribution in [-0.2, 0) is 23.8 Å². The number of carbonyl (C=O) groups is 2. The molecule has 1 aromatic carbocycles. The Bertz CT molecular complexity index is 779. The lowest BCUT2D eigenvalue weighted by Gasteiger charge is -2.28. The number of hydrogen-bond donors (Lipinski definition) is 0. The summed E-state index contributed by atoms with van der Waals surface area (Å²) >= 11 is 0. The zero-order valence-electron chi connectivity index (χ0n) is 18.8. The lowest BCUT2D eigenvalue weighted by molar-refractivity contribution is -0.138. The molecular weight excluding hydrogens is 398 g/mol. The molecule has 8 nitrogen and oxygen atoms in total. The van der Waals surface area contributed by atoms with Gasteiger partial charge >= 0.3 is 0 Å². The standard InChI is InChI=1S/C23H33N3O5/c1-18-4-6-19(7-5-18)20-21(25(12-14-29-2)13-15-30-3)23(28)26(22(20)27)9-8-24-10-16-31-17-11-24/h4-7H,8-17H2,1-3H3. The average Bonchev–Trinajstić information content (AvgIpc) is 3.03. The van der Waals surface area contributed by atoms with Crippen molar-refractivity contribution in [3.05, 3.63) is 41.1 Å². The molecule has 3 rings (SSSR count). The maximum Gasteiger partial charge on any atom is 0.277 e. The molecule has 2 aliphatic heterocycles. The molecule has 2 heterocycles. The quantitative estimate of drug-likeness (QED) is 0.484. The van der Waals surface area contributed by atoms with Crippen molar-refractivity contribution in [2.24, 2.45) is 0 Å². The van der Waals surface area contributed by atoms with Crippen LogP contribution in [-0.4, -0.2) is 106 Å². The number of morpholine rings is 1. The van der Waals surface area contributed by atoms with Crippen LogP contribution >= 0.6 is 0 Å². The van der Waals surface area contributed by atoms with E-state index in [9.17, 15) is 9.59 Å². The minimum Gasteiger partial charge on any atom is -0.383 e. The van der Waals surface area contributed by atoms with Crippen molar-refractivity contribution in [2.45, 2.75) is 6.92 Å². The zero-order chi connectivity index (χ0) is 22.2. The first-order chi connectivity index (χ1) is 15.1. The smallest absolute Gasteiger partial charge is 0.277 e. The van der Waals surface area contributed by atoms with Crippen LogP contribution in [0.25, 0.3) is 5.57 Å². The fourth-order valence-electron chi connectivity index (χ4n) is 3.84. The Labute approximate surface area is 184 Å². The number of rotatable bonds is 11. The van der Waals surface area contributed by atoms with Gasteiger partial charge in [0.1, 0.15) is 5.70 Å². The Morgan fingerprint density at radius 2 is 1.55 bits per heavy atom. The molecule has 0 atom stereocenters. The topological polar surface area (TPSA) is 71.6 Å². The maximum atomic E-state index is 13.5. The summed E-state index contributed by atoms with van der Waals surface area (Å²) in [6.45, 7) is 7.89. The van der Waals surface area contributed by atoms with Gasteiger partial charge in [0.15, 0.2) is 0 Å². The van der Waals surface area contributed by atoms with Crippen molar-refractivity contribution < 1.29 is 23.8 Å². The lowest BCUT2D eigenvalue weighted by Crippen LogP contribution is -2.44. The van der Waals surface area contributed by atoms with Gasteiger partial charge in [-0.3, -0.25) is 19.4 Å². The van der Waals surface area contributed by atoms with E-state index < -0.39 is 0 Å². The fraction of sp³-hybridized carbons (Fsp3) is 0.565. The molecule has 1 saturated heterocycles. The first kappa shape index (κ1) is 23.4. The summed E-state index contributed by atoms with van der Waals surface area (Å²) in [7, 11) is 3.25. The highest BCUT2D eigenvalue weighted by Crippen LogP contribution is 2.31. The number of imide groups is 1. The highest BCUT2D eigenvalue weighted by molar-refractivity contribution is 6.35. The second kappa shape index (κ2) is 11.4. The van der Waals surface area contributed by atoms with Crippen molar-refractivity contribution in [3.8, 4) is 0 Å². The number of benzene rings is 1. The summed E-state index contributed by atoms with van der Waals surface area (Å²) in [6.07, 6.45) is 0. The second-order valence-corrected chi connectivity index (χ2v) is 7.78. The van der Waals surface area contributed by atoms with Gasteiger partial charge in [0.2, 0.25) is 0 Å². The van der Waals surface area contributed by atoms with Crippen molar-refractivity contribution in [1.82, 2.24) is 14.7 Å².